The maximum absolute atomic E-state index is 12.7. The Labute approximate surface area is 137 Å². The largest absolute Gasteiger partial charge is 0.497 e. The molecular formula is C16H16N2O4S. The molecule has 0 fully saturated rings. The summed E-state index contributed by atoms with van der Waals surface area (Å²) in [5.74, 6) is 1.17. The first kappa shape index (κ1) is 15.6. The van der Waals surface area contributed by atoms with Gasteiger partial charge in [-0.25, -0.2) is 0 Å². The molecule has 120 valence electrons. The van der Waals surface area contributed by atoms with Crippen molar-refractivity contribution in [1.29, 1.82) is 0 Å². The van der Waals surface area contributed by atoms with Crippen molar-refractivity contribution >= 4 is 17.7 Å². The van der Waals surface area contributed by atoms with Crippen LogP contribution in [0.25, 0.3) is 0 Å². The highest BCUT2D eigenvalue weighted by Gasteiger charge is 2.22. The minimum Gasteiger partial charge on any atom is -0.497 e. The number of aromatic nitrogens is 2. The van der Waals surface area contributed by atoms with Crippen LogP contribution in [0.1, 0.15) is 18.1 Å². The molecule has 23 heavy (non-hydrogen) atoms. The van der Waals surface area contributed by atoms with E-state index in [2.05, 4.69) is 4.98 Å². The lowest BCUT2D eigenvalue weighted by Gasteiger charge is -2.11. The summed E-state index contributed by atoms with van der Waals surface area (Å²) in [4.78, 5) is 28.3. The lowest BCUT2D eigenvalue weighted by molar-refractivity contribution is -0.132. The maximum Gasteiger partial charge on any atom is 0.309 e. The third-order valence-electron chi connectivity index (χ3n) is 3.52. The van der Waals surface area contributed by atoms with Crippen LogP contribution < -0.4 is 15.0 Å². The zero-order chi connectivity index (χ0) is 16.4. The Morgan fingerprint density at radius 3 is 2.74 bits per heavy atom. The maximum atomic E-state index is 12.7. The number of ether oxygens (including phenoxy) is 2. The number of benzene rings is 1. The molecule has 0 bridgehead atoms. The van der Waals surface area contributed by atoms with E-state index in [1.165, 1.54) is 18.7 Å². The van der Waals surface area contributed by atoms with Gasteiger partial charge in [0.1, 0.15) is 5.75 Å². The fourth-order valence-electron chi connectivity index (χ4n) is 2.41. The van der Waals surface area contributed by atoms with E-state index in [1.807, 2.05) is 24.3 Å². The number of hydrogen-bond acceptors (Lipinski definition) is 6. The van der Waals surface area contributed by atoms with Crippen LogP contribution in [0.15, 0.2) is 34.2 Å². The minimum absolute atomic E-state index is 0.110. The summed E-state index contributed by atoms with van der Waals surface area (Å²) in [5.41, 5.74) is 1.17. The minimum atomic E-state index is -0.485. The third-order valence-corrected chi connectivity index (χ3v) is 4.47. The first-order valence-electron chi connectivity index (χ1n) is 7.16. The van der Waals surface area contributed by atoms with E-state index in [0.29, 0.717) is 23.7 Å². The molecule has 1 aromatic heterocycles. The number of carbonyl (C=O) groups excluding carboxylic acids is 1. The SMILES string of the molecule is COc1ccc(Cc2c(OC(C)=O)nc3n(c2=O)CCS3)cc1. The van der Waals surface area contributed by atoms with Crippen molar-refractivity contribution in [3.8, 4) is 11.6 Å². The van der Waals surface area contributed by atoms with Crippen LogP contribution >= 0.6 is 11.8 Å². The van der Waals surface area contributed by atoms with Crippen molar-refractivity contribution < 1.29 is 14.3 Å². The van der Waals surface area contributed by atoms with Crippen LogP contribution in [0.3, 0.4) is 0 Å². The number of thioether (sulfide) groups is 1. The second-order valence-electron chi connectivity index (χ2n) is 5.10. The molecule has 6 nitrogen and oxygen atoms in total. The fourth-order valence-corrected chi connectivity index (χ4v) is 3.34. The molecular weight excluding hydrogens is 316 g/mol. The molecule has 1 aliphatic heterocycles. The Morgan fingerprint density at radius 1 is 1.35 bits per heavy atom. The highest BCUT2D eigenvalue weighted by molar-refractivity contribution is 7.99. The summed E-state index contributed by atoms with van der Waals surface area (Å²) in [6, 6.07) is 7.41. The monoisotopic (exact) mass is 332 g/mol. The number of rotatable bonds is 4. The molecule has 0 unspecified atom stereocenters. The smallest absolute Gasteiger partial charge is 0.309 e. The predicted molar refractivity (Wildman–Crippen MR) is 86.3 cm³/mol. The molecule has 2 heterocycles. The summed E-state index contributed by atoms with van der Waals surface area (Å²) in [7, 11) is 1.60. The summed E-state index contributed by atoms with van der Waals surface area (Å²) >= 11 is 1.49. The van der Waals surface area contributed by atoms with E-state index >= 15 is 0 Å². The van der Waals surface area contributed by atoms with Crippen molar-refractivity contribution in [1.82, 2.24) is 9.55 Å². The Balaban J connectivity index is 2.01. The topological polar surface area (TPSA) is 70.4 Å². The van der Waals surface area contributed by atoms with Crippen LogP contribution in [-0.4, -0.2) is 28.4 Å². The van der Waals surface area contributed by atoms with Gasteiger partial charge in [0.25, 0.3) is 5.56 Å². The van der Waals surface area contributed by atoms with E-state index in [1.54, 1.807) is 11.7 Å². The number of methoxy groups -OCH3 is 1. The van der Waals surface area contributed by atoms with E-state index in [9.17, 15) is 9.59 Å². The first-order chi connectivity index (χ1) is 11.1. The molecule has 0 saturated carbocycles. The average molecular weight is 332 g/mol. The standard InChI is InChI=1S/C16H16N2O4S/c1-10(19)22-14-13(9-11-3-5-12(21-2)6-4-11)15(20)18-7-8-23-16(18)17-14/h3-6H,7-9H2,1-2H3. The second kappa shape index (κ2) is 6.45. The van der Waals surface area contributed by atoms with Crippen LogP contribution in [-0.2, 0) is 17.8 Å². The Kier molecular flexibility index (Phi) is 4.38. The zero-order valence-corrected chi connectivity index (χ0v) is 13.7. The van der Waals surface area contributed by atoms with Gasteiger partial charge in [-0.3, -0.25) is 14.2 Å². The normalized spacial score (nSPS) is 12.8. The van der Waals surface area contributed by atoms with Crippen molar-refractivity contribution in [3.05, 3.63) is 45.7 Å². The summed E-state index contributed by atoms with van der Waals surface area (Å²) < 4.78 is 11.9. The Morgan fingerprint density at radius 2 is 2.09 bits per heavy atom. The van der Waals surface area contributed by atoms with E-state index in [-0.39, 0.29) is 11.4 Å². The van der Waals surface area contributed by atoms with Gasteiger partial charge in [0.2, 0.25) is 5.88 Å². The van der Waals surface area contributed by atoms with Gasteiger partial charge < -0.3 is 9.47 Å². The molecule has 0 saturated heterocycles. The summed E-state index contributed by atoms with van der Waals surface area (Å²) in [5, 5.41) is 0.602. The van der Waals surface area contributed by atoms with Gasteiger partial charge in [-0.15, -0.1) is 0 Å². The van der Waals surface area contributed by atoms with Gasteiger partial charge in [-0.05, 0) is 17.7 Å². The highest BCUT2D eigenvalue weighted by Crippen LogP contribution is 2.26. The van der Waals surface area contributed by atoms with Crippen LogP contribution in [0, 0.1) is 0 Å². The van der Waals surface area contributed by atoms with Crippen molar-refractivity contribution in [2.45, 2.75) is 25.0 Å². The molecule has 2 aromatic rings. The molecule has 7 heteroatoms. The Hall–Kier alpha value is -2.28. The molecule has 1 aliphatic rings. The molecule has 3 rings (SSSR count). The highest BCUT2D eigenvalue weighted by atomic mass is 32.2. The van der Waals surface area contributed by atoms with Crippen molar-refractivity contribution in [3.63, 3.8) is 0 Å². The fraction of sp³-hybridized carbons (Fsp3) is 0.312. The van der Waals surface area contributed by atoms with Gasteiger partial charge in [0.05, 0.1) is 12.7 Å². The van der Waals surface area contributed by atoms with E-state index < -0.39 is 5.97 Å². The van der Waals surface area contributed by atoms with Crippen LogP contribution in [0.2, 0.25) is 0 Å². The Bertz CT molecular complexity index is 799. The molecule has 0 aliphatic carbocycles. The number of esters is 1. The molecule has 0 spiro atoms. The van der Waals surface area contributed by atoms with Crippen LogP contribution in [0.5, 0.6) is 11.6 Å². The molecule has 0 amide bonds. The zero-order valence-electron chi connectivity index (χ0n) is 12.9. The molecule has 0 atom stereocenters. The average Bonchev–Trinajstić information content (AvgIpc) is 3.00. The van der Waals surface area contributed by atoms with E-state index in [4.69, 9.17) is 9.47 Å². The van der Waals surface area contributed by atoms with Gasteiger partial charge in [0.15, 0.2) is 5.16 Å². The number of hydrogen-bond donors (Lipinski definition) is 0. The predicted octanol–water partition coefficient (Wildman–Crippen LogP) is 1.87. The number of carbonyl (C=O) groups is 1. The first-order valence-corrected chi connectivity index (χ1v) is 8.15. The lowest BCUT2D eigenvalue weighted by Crippen LogP contribution is -2.26. The van der Waals surface area contributed by atoms with Gasteiger partial charge >= 0.3 is 5.97 Å². The molecule has 0 N–H and O–H groups in total. The molecule has 0 radical (unpaired) electrons. The van der Waals surface area contributed by atoms with Crippen molar-refractivity contribution in [2.24, 2.45) is 0 Å². The van der Waals surface area contributed by atoms with Gasteiger partial charge in [0, 0.05) is 25.6 Å². The third kappa shape index (κ3) is 3.24. The van der Waals surface area contributed by atoms with Crippen molar-refractivity contribution in [2.75, 3.05) is 12.9 Å². The summed E-state index contributed by atoms with van der Waals surface area (Å²) in [6.07, 6.45) is 0.351. The number of fused-ring (bicyclic) bond motifs is 1. The quantitative estimate of drug-likeness (QED) is 0.629. The number of nitrogens with zero attached hydrogens (tertiary/aromatic N) is 2. The van der Waals surface area contributed by atoms with Gasteiger partial charge in [-0.2, -0.15) is 4.98 Å². The van der Waals surface area contributed by atoms with Crippen LogP contribution in [0.4, 0.5) is 0 Å². The second-order valence-corrected chi connectivity index (χ2v) is 6.16. The lowest BCUT2D eigenvalue weighted by atomic mass is 10.1. The molecule has 1 aromatic carbocycles. The summed E-state index contributed by atoms with van der Waals surface area (Å²) in [6.45, 7) is 1.93. The van der Waals surface area contributed by atoms with E-state index in [0.717, 1.165) is 17.1 Å². The van der Waals surface area contributed by atoms with Gasteiger partial charge in [-0.1, -0.05) is 23.9 Å².